The number of pyridine rings is 1. The highest BCUT2D eigenvalue weighted by Crippen LogP contribution is 2.28. The molecule has 0 aliphatic carbocycles. The Morgan fingerprint density at radius 3 is 3.10 bits per heavy atom. The van der Waals surface area contributed by atoms with E-state index in [2.05, 4.69) is 22.2 Å². The van der Waals surface area contributed by atoms with E-state index in [0.29, 0.717) is 27.5 Å². The average molecular weight is 308 g/mol. The normalized spacial score (nSPS) is 19.9. The third-order valence-corrected chi connectivity index (χ3v) is 4.43. The fourth-order valence-corrected chi connectivity index (χ4v) is 3.19. The van der Waals surface area contributed by atoms with Gasteiger partial charge in [-0.25, -0.2) is 4.39 Å². The minimum atomic E-state index is -0.320. The molecule has 3 nitrogen and oxygen atoms in total. The summed E-state index contributed by atoms with van der Waals surface area (Å²) in [4.78, 5) is 6.43. The first-order valence-corrected chi connectivity index (χ1v) is 7.68. The zero-order chi connectivity index (χ0) is 14.8. The molecule has 1 atom stereocenters. The summed E-state index contributed by atoms with van der Waals surface area (Å²) in [7, 11) is 2.13. The quantitative estimate of drug-likeness (QED) is 0.935. The number of halogens is 2. The molecule has 1 aliphatic rings. The summed E-state index contributed by atoms with van der Waals surface area (Å²) in [5.41, 5.74) is 0.832. The van der Waals surface area contributed by atoms with E-state index >= 15 is 0 Å². The van der Waals surface area contributed by atoms with Gasteiger partial charge in [-0.2, -0.15) is 0 Å². The molecule has 0 amide bonds. The zero-order valence-corrected chi connectivity index (χ0v) is 12.8. The maximum Gasteiger partial charge on any atom is 0.172 e. The lowest BCUT2D eigenvalue weighted by atomic mass is 9.98. The lowest BCUT2D eigenvalue weighted by Crippen LogP contribution is -2.35. The van der Waals surface area contributed by atoms with Gasteiger partial charge in [0.05, 0.1) is 10.7 Å². The molecule has 112 valence electrons. The van der Waals surface area contributed by atoms with E-state index in [1.165, 1.54) is 19.0 Å². The van der Waals surface area contributed by atoms with Crippen molar-refractivity contribution in [2.45, 2.75) is 12.8 Å². The van der Waals surface area contributed by atoms with Crippen molar-refractivity contribution < 1.29 is 4.39 Å². The van der Waals surface area contributed by atoms with Gasteiger partial charge in [-0.1, -0.05) is 11.6 Å². The van der Waals surface area contributed by atoms with Gasteiger partial charge in [0.2, 0.25) is 0 Å². The second-order valence-electron chi connectivity index (χ2n) is 5.77. The van der Waals surface area contributed by atoms with E-state index in [9.17, 15) is 4.39 Å². The third-order valence-electron chi connectivity index (χ3n) is 4.10. The molecule has 2 heterocycles. The highest BCUT2D eigenvalue weighted by Gasteiger charge is 2.18. The Bertz CT molecular complexity index is 647. The topological polar surface area (TPSA) is 28.2 Å². The first-order valence-electron chi connectivity index (χ1n) is 7.30. The molecule has 1 fully saturated rings. The maximum atomic E-state index is 14.5. The number of nitrogens with zero attached hydrogens (tertiary/aromatic N) is 2. The fraction of sp³-hybridized carbons (Fsp3) is 0.438. The largest absolute Gasteiger partial charge is 0.382 e. The van der Waals surface area contributed by atoms with Gasteiger partial charge in [0.15, 0.2) is 5.82 Å². The van der Waals surface area contributed by atoms with Gasteiger partial charge < -0.3 is 10.2 Å². The summed E-state index contributed by atoms with van der Waals surface area (Å²) >= 11 is 6.06. The number of benzene rings is 1. The first kappa shape index (κ1) is 14.5. The number of aromatic nitrogens is 1. The number of anilines is 1. The monoisotopic (exact) mass is 307 g/mol. The highest BCUT2D eigenvalue weighted by molar-refractivity contribution is 6.35. The Labute approximate surface area is 129 Å². The molecular weight excluding hydrogens is 289 g/mol. The van der Waals surface area contributed by atoms with Gasteiger partial charge in [0, 0.05) is 24.7 Å². The van der Waals surface area contributed by atoms with Crippen LogP contribution in [0.1, 0.15) is 12.8 Å². The molecule has 1 saturated heterocycles. The predicted octanol–water partition coefficient (Wildman–Crippen LogP) is 3.78. The van der Waals surface area contributed by atoms with Crippen molar-refractivity contribution in [3.63, 3.8) is 0 Å². The molecule has 1 unspecified atom stereocenters. The van der Waals surface area contributed by atoms with Gasteiger partial charge in [0.1, 0.15) is 5.52 Å². The molecule has 0 bridgehead atoms. The fourth-order valence-electron chi connectivity index (χ4n) is 2.98. The minimum Gasteiger partial charge on any atom is -0.382 e. The SMILES string of the molecule is CN1CCCC(CNc2ccc3c(Cl)ccnc3c2F)C1. The van der Waals surface area contributed by atoms with Gasteiger partial charge in [-0.3, -0.25) is 4.98 Å². The third kappa shape index (κ3) is 3.11. The molecule has 21 heavy (non-hydrogen) atoms. The lowest BCUT2D eigenvalue weighted by molar-refractivity contribution is 0.217. The number of likely N-dealkylation sites (tertiary alicyclic amines) is 1. The van der Waals surface area contributed by atoms with Crippen LogP contribution in [0.3, 0.4) is 0 Å². The predicted molar refractivity (Wildman–Crippen MR) is 85.4 cm³/mol. The van der Waals surface area contributed by atoms with Crippen LogP contribution in [-0.2, 0) is 0 Å². The van der Waals surface area contributed by atoms with Crippen molar-refractivity contribution in [3.8, 4) is 0 Å². The number of rotatable bonds is 3. The summed E-state index contributed by atoms with van der Waals surface area (Å²) in [5.74, 6) is 0.241. The van der Waals surface area contributed by atoms with Crippen LogP contribution < -0.4 is 5.32 Å². The zero-order valence-electron chi connectivity index (χ0n) is 12.1. The van der Waals surface area contributed by atoms with Gasteiger partial charge >= 0.3 is 0 Å². The Balaban J connectivity index is 1.77. The number of piperidine rings is 1. The van der Waals surface area contributed by atoms with Crippen molar-refractivity contribution in [1.82, 2.24) is 9.88 Å². The first-order chi connectivity index (χ1) is 10.1. The number of nitrogens with one attached hydrogen (secondary N) is 1. The Morgan fingerprint density at radius 2 is 2.29 bits per heavy atom. The molecule has 0 radical (unpaired) electrons. The van der Waals surface area contributed by atoms with E-state index < -0.39 is 0 Å². The summed E-state index contributed by atoms with van der Waals surface area (Å²) in [6.45, 7) is 3.00. The van der Waals surface area contributed by atoms with E-state index in [1.807, 2.05) is 6.07 Å². The van der Waals surface area contributed by atoms with Crippen molar-refractivity contribution in [2.75, 3.05) is 32.0 Å². The summed E-state index contributed by atoms with van der Waals surface area (Å²) < 4.78 is 14.5. The van der Waals surface area contributed by atoms with Crippen LogP contribution in [0.25, 0.3) is 10.9 Å². The summed E-state index contributed by atoms with van der Waals surface area (Å²) in [5, 5.41) is 4.41. The average Bonchev–Trinajstić information content (AvgIpc) is 2.47. The standard InChI is InChI=1S/C16H19ClFN3/c1-21-8-2-3-11(10-21)9-20-14-5-4-12-13(17)6-7-19-16(12)15(14)18/h4-7,11,20H,2-3,8-10H2,1H3. The molecule has 5 heteroatoms. The van der Waals surface area contributed by atoms with E-state index in [0.717, 1.165) is 19.6 Å². The van der Waals surface area contributed by atoms with E-state index in [1.54, 1.807) is 12.1 Å². The summed E-state index contributed by atoms with van der Waals surface area (Å²) in [6, 6.07) is 5.25. The Morgan fingerprint density at radius 1 is 1.43 bits per heavy atom. The van der Waals surface area contributed by atoms with Crippen LogP contribution in [-0.4, -0.2) is 36.6 Å². The van der Waals surface area contributed by atoms with Crippen LogP contribution in [0, 0.1) is 11.7 Å². The minimum absolute atomic E-state index is 0.320. The molecule has 1 aromatic carbocycles. The maximum absolute atomic E-state index is 14.5. The van der Waals surface area contributed by atoms with E-state index in [-0.39, 0.29) is 5.82 Å². The van der Waals surface area contributed by atoms with Crippen molar-refractivity contribution in [3.05, 3.63) is 35.2 Å². The number of hydrogen-bond donors (Lipinski definition) is 1. The van der Waals surface area contributed by atoms with Crippen molar-refractivity contribution >= 4 is 28.2 Å². The van der Waals surface area contributed by atoms with Crippen LogP contribution in [0.5, 0.6) is 0 Å². The van der Waals surface area contributed by atoms with Crippen LogP contribution in [0.15, 0.2) is 24.4 Å². The van der Waals surface area contributed by atoms with Crippen LogP contribution in [0.2, 0.25) is 5.02 Å². The molecule has 1 aliphatic heterocycles. The van der Waals surface area contributed by atoms with Gasteiger partial charge in [0.25, 0.3) is 0 Å². The lowest BCUT2D eigenvalue weighted by Gasteiger charge is -2.30. The van der Waals surface area contributed by atoms with E-state index in [4.69, 9.17) is 11.6 Å². The van der Waals surface area contributed by atoms with Crippen molar-refractivity contribution in [2.24, 2.45) is 5.92 Å². The van der Waals surface area contributed by atoms with Gasteiger partial charge in [-0.05, 0) is 50.6 Å². The second kappa shape index (κ2) is 6.16. The Hall–Kier alpha value is -1.39. The van der Waals surface area contributed by atoms with Crippen LogP contribution >= 0.6 is 11.6 Å². The highest BCUT2D eigenvalue weighted by atomic mass is 35.5. The molecule has 1 aromatic heterocycles. The van der Waals surface area contributed by atoms with Crippen molar-refractivity contribution in [1.29, 1.82) is 0 Å². The number of hydrogen-bond acceptors (Lipinski definition) is 3. The molecule has 1 N–H and O–H groups in total. The van der Waals surface area contributed by atoms with Gasteiger partial charge in [-0.15, -0.1) is 0 Å². The molecule has 2 aromatic rings. The molecular formula is C16H19ClFN3. The summed E-state index contributed by atoms with van der Waals surface area (Å²) in [6.07, 6.45) is 3.93. The van der Waals surface area contributed by atoms with Crippen LogP contribution in [0.4, 0.5) is 10.1 Å². The molecule has 0 saturated carbocycles. The molecule has 3 rings (SSSR count). The smallest absolute Gasteiger partial charge is 0.172 e. The Kier molecular flexibility index (Phi) is 4.27. The number of fused-ring (bicyclic) bond motifs is 1. The second-order valence-corrected chi connectivity index (χ2v) is 6.17. The molecule has 0 spiro atoms.